The molecule has 0 N–H and O–H groups in total. The zero-order chi connectivity index (χ0) is 10.3. The summed E-state index contributed by atoms with van der Waals surface area (Å²) < 4.78 is 4.48. The maximum atomic E-state index is 11.2. The van der Waals surface area contributed by atoms with Crippen LogP contribution in [-0.2, 0) is 14.3 Å². The van der Waals surface area contributed by atoms with Crippen LogP contribution in [0.5, 0.6) is 0 Å². The first kappa shape index (κ1) is 8.94. The van der Waals surface area contributed by atoms with Gasteiger partial charge in [0.15, 0.2) is 0 Å². The molecule has 0 fully saturated rings. The minimum Gasteiger partial charge on any atom is -0.386 e. The van der Waals surface area contributed by atoms with E-state index in [1.165, 1.54) is 0 Å². The Morgan fingerprint density at radius 3 is 1.86 bits per heavy atom. The van der Waals surface area contributed by atoms with Gasteiger partial charge >= 0.3 is 11.9 Å². The average Bonchev–Trinajstić information content (AvgIpc) is 2.26. The number of hydrogen-bond donors (Lipinski definition) is 0. The van der Waals surface area contributed by atoms with Crippen LogP contribution in [0.15, 0.2) is 35.5 Å². The first-order valence-electron chi connectivity index (χ1n) is 4.39. The third-order valence-corrected chi connectivity index (χ3v) is 2.27. The van der Waals surface area contributed by atoms with Crippen molar-refractivity contribution in [2.45, 2.75) is 13.8 Å². The molecule has 0 amide bonds. The van der Waals surface area contributed by atoms with Crippen molar-refractivity contribution in [1.29, 1.82) is 0 Å². The lowest BCUT2D eigenvalue weighted by atomic mass is 9.93. The highest BCUT2D eigenvalue weighted by atomic mass is 16.6. The fraction of sp³-hybridized carbons (Fsp3) is 0.273. The van der Waals surface area contributed by atoms with Crippen LogP contribution in [0.3, 0.4) is 0 Å². The predicted molar refractivity (Wildman–Crippen MR) is 50.2 cm³/mol. The lowest BCUT2D eigenvalue weighted by Gasteiger charge is -2.12. The summed E-state index contributed by atoms with van der Waals surface area (Å²) in [5.74, 6) is -1.10. The van der Waals surface area contributed by atoms with Crippen LogP contribution in [0.25, 0.3) is 0 Å². The van der Waals surface area contributed by atoms with Crippen molar-refractivity contribution in [1.82, 2.24) is 0 Å². The lowest BCUT2D eigenvalue weighted by Crippen LogP contribution is -2.05. The molecule has 2 rings (SSSR count). The Labute approximate surface area is 81.7 Å². The van der Waals surface area contributed by atoms with E-state index in [2.05, 4.69) is 4.74 Å². The van der Waals surface area contributed by atoms with Crippen molar-refractivity contribution >= 4 is 11.9 Å². The second kappa shape index (κ2) is 2.67. The molecule has 0 aromatic rings. The molecule has 14 heavy (non-hydrogen) atoms. The van der Waals surface area contributed by atoms with Crippen molar-refractivity contribution in [3.05, 3.63) is 35.5 Å². The third kappa shape index (κ3) is 1.31. The van der Waals surface area contributed by atoms with Crippen molar-refractivity contribution in [3.63, 3.8) is 0 Å². The van der Waals surface area contributed by atoms with E-state index in [1.54, 1.807) is 12.2 Å². The van der Waals surface area contributed by atoms with Crippen LogP contribution in [0.1, 0.15) is 13.8 Å². The average molecular weight is 190 g/mol. The number of carbonyl (C=O) groups is 2. The molecule has 1 aliphatic carbocycles. The number of rotatable bonds is 0. The second-order valence-electron chi connectivity index (χ2n) is 3.99. The van der Waals surface area contributed by atoms with Gasteiger partial charge in [-0.3, -0.25) is 0 Å². The molecule has 1 heterocycles. The maximum absolute atomic E-state index is 11.2. The lowest BCUT2D eigenvalue weighted by molar-refractivity contribution is -0.150. The normalized spacial score (nSPS) is 23.6. The van der Waals surface area contributed by atoms with Crippen LogP contribution in [0, 0.1) is 5.41 Å². The number of esters is 2. The molecule has 0 aromatic carbocycles. The van der Waals surface area contributed by atoms with Gasteiger partial charge < -0.3 is 4.74 Å². The molecule has 1 aliphatic heterocycles. The van der Waals surface area contributed by atoms with Crippen molar-refractivity contribution in [2.75, 3.05) is 0 Å². The van der Waals surface area contributed by atoms with Gasteiger partial charge in [-0.2, -0.15) is 0 Å². The quantitative estimate of drug-likeness (QED) is 0.429. The molecule has 0 spiro atoms. The molecule has 0 aromatic heterocycles. The molecular formula is C11H10O3. The van der Waals surface area contributed by atoms with Gasteiger partial charge in [0.1, 0.15) is 0 Å². The molecule has 3 nitrogen and oxygen atoms in total. The molecule has 2 aliphatic rings. The molecule has 0 atom stereocenters. The summed E-state index contributed by atoms with van der Waals surface area (Å²) in [5, 5.41) is 0. The largest absolute Gasteiger partial charge is 0.386 e. The summed E-state index contributed by atoms with van der Waals surface area (Å²) in [7, 11) is 0. The van der Waals surface area contributed by atoms with E-state index in [0.29, 0.717) is 11.1 Å². The van der Waals surface area contributed by atoms with Crippen molar-refractivity contribution in [2.24, 2.45) is 5.41 Å². The molecule has 3 heteroatoms. The van der Waals surface area contributed by atoms with Gasteiger partial charge in [-0.25, -0.2) is 9.59 Å². The first-order chi connectivity index (χ1) is 6.49. The Kier molecular flexibility index (Phi) is 1.71. The molecule has 0 bridgehead atoms. The number of ether oxygens (including phenoxy) is 1. The van der Waals surface area contributed by atoms with Crippen molar-refractivity contribution < 1.29 is 14.3 Å². The van der Waals surface area contributed by atoms with E-state index < -0.39 is 11.9 Å². The minimum atomic E-state index is -0.552. The van der Waals surface area contributed by atoms with Crippen LogP contribution in [-0.4, -0.2) is 11.9 Å². The Morgan fingerprint density at radius 1 is 1.00 bits per heavy atom. The van der Waals surface area contributed by atoms with E-state index in [1.807, 2.05) is 26.0 Å². The standard InChI is InChI=1S/C11H10O3/c1-11(2)5-3-7-8(4-6-11)10(13)14-9(7)12/h3-6H,1-2H3. The summed E-state index contributed by atoms with van der Waals surface area (Å²) >= 11 is 0. The second-order valence-corrected chi connectivity index (χ2v) is 3.99. The summed E-state index contributed by atoms with van der Waals surface area (Å²) in [6.07, 6.45) is 7.07. The maximum Gasteiger partial charge on any atom is 0.346 e. The third-order valence-electron chi connectivity index (χ3n) is 2.27. The highest BCUT2D eigenvalue weighted by molar-refractivity contribution is 6.15. The SMILES string of the molecule is CC1(C)C=CC2=C(C=C1)C(=O)OC2=O. The molecule has 0 radical (unpaired) electrons. The summed E-state index contributed by atoms with van der Waals surface area (Å²) in [6.45, 7) is 4.00. The van der Waals surface area contributed by atoms with Gasteiger partial charge in [0.05, 0.1) is 11.1 Å². The van der Waals surface area contributed by atoms with E-state index in [0.717, 1.165) is 0 Å². The monoisotopic (exact) mass is 190 g/mol. The highest BCUT2D eigenvalue weighted by Crippen LogP contribution is 2.29. The van der Waals surface area contributed by atoms with Crippen LogP contribution in [0.4, 0.5) is 0 Å². The predicted octanol–water partition coefficient (Wildman–Crippen LogP) is 1.52. The minimum absolute atomic E-state index is 0.134. The molecule has 72 valence electrons. The molecule has 0 saturated heterocycles. The number of cyclic esters (lactones) is 2. The fourth-order valence-corrected chi connectivity index (χ4v) is 1.38. The number of allylic oxidation sites excluding steroid dienone is 2. The van der Waals surface area contributed by atoms with Gasteiger partial charge in [0.2, 0.25) is 0 Å². The Morgan fingerprint density at radius 2 is 1.43 bits per heavy atom. The smallest absolute Gasteiger partial charge is 0.346 e. The van der Waals surface area contributed by atoms with E-state index >= 15 is 0 Å². The van der Waals surface area contributed by atoms with E-state index in [-0.39, 0.29) is 5.41 Å². The molecule has 0 saturated carbocycles. The van der Waals surface area contributed by atoms with Gasteiger partial charge in [-0.1, -0.05) is 26.0 Å². The van der Waals surface area contributed by atoms with E-state index in [9.17, 15) is 9.59 Å². The van der Waals surface area contributed by atoms with Crippen LogP contribution in [0.2, 0.25) is 0 Å². The van der Waals surface area contributed by atoms with E-state index in [4.69, 9.17) is 0 Å². The van der Waals surface area contributed by atoms with Crippen molar-refractivity contribution in [3.8, 4) is 0 Å². The first-order valence-corrected chi connectivity index (χ1v) is 4.39. The fourth-order valence-electron chi connectivity index (χ4n) is 1.38. The summed E-state index contributed by atoms with van der Waals surface area (Å²) in [6, 6.07) is 0. The summed E-state index contributed by atoms with van der Waals surface area (Å²) in [5.41, 5.74) is 0.582. The van der Waals surface area contributed by atoms with Crippen LogP contribution < -0.4 is 0 Å². The Bertz CT molecular complexity index is 372. The zero-order valence-electron chi connectivity index (χ0n) is 8.03. The number of carbonyl (C=O) groups excluding carboxylic acids is 2. The zero-order valence-corrected chi connectivity index (χ0v) is 8.03. The number of hydrogen-bond acceptors (Lipinski definition) is 3. The van der Waals surface area contributed by atoms with Gasteiger partial charge in [0.25, 0.3) is 0 Å². The Hall–Kier alpha value is -1.64. The van der Waals surface area contributed by atoms with Gasteiger partial charge in [-0.05, 0) is 12.2 Å². The summed E-state index contributed by atoms with van der Waals surface area (Å²) in [4.78, 5) is 22.4. The highest BCUT2D eigenvalue weighted by Gasteiger charge is 2.31. The Balaban J connectivity index is 2.51. The molecular weight excluding hydrogens is 180 g/mol. The topological polar surface area (TPSA) is 43.4 Å². The van der Waals surface area contributed by atoms with Gasteiger partial charge in [0, 0.05) is 5.41 Å². The molecule has 0 unspecified atom stereocenters. The van der Waals surface area contributed by atoms with Crippen LogP contribution >= 0.6 is 0 Å². The van der Waals surface area contributed by atoms with Gasteiger partial charge in [-0.15, -0.1) is 0 Å².